The highest BCUT2D eigenvalue weighted by atomic mass is 35.5. The van der Waals surface area contributed by atoms with E-state index in [9.17, 15) is 0 Å². The molecule has 1 aromatic heterocycles. The summed E-state index contributed by atoms with van der Waals surface area (Å²) in [6.07, 6.45) is -0.294. The van der Waals surface area contributed by atoms with Crippen LogP contribution in [0.2, 0.25) is 5.22 Å². The summed E-state index contributed by atoms with van der Waals surface area (Å²) in [5, 5.41) is 4.78. The minimum absolute atomic E-state index is 0.0414. The lowest BCUT2D eigenvalue weighted by Gasteiger charge is -2.22. The number of para-hydroxylation sites is 1. The Kier molecular flexibility index (Phi) is 4.82. The van der Waals surface area contributed by atoms with Crippen LogP contribution in [0.25, 0.3) is 11.0 Å². The van der Waals surface area contributed by atoms with Gasteiger partial charge in [-0.25, -0.2) is 0 Å². The number of methoxy groups -OCH3 is 2. The van der Waals surface area contributed by atoms with Crippen molar-refractivity contribution in [2.24, 2.45) is 0 Å². The highest BCUT2D eigenvalue weighted by Crippen LogP contribution is 2.29. The maximum absolute atomic E-state index is 6.13. The van der Waals surface area contributed by atoms with Gasteiger partial charge in [-0.2, -0.15) is 0 Å². The van der Waals surface area contributed by atoms with E-state index in [1.165, 1.54) is 0 Å². The van der Waals surface area contributed by atoms with Crippen molar-refractivity contribution >= 4 is 22.6 Å². The van der Waals surface area contributed by atoms with E-state index in [-0.39, 0.29) is 12.3 Å². The van der Waals surface area contributed by atoms with E-state index in [0.29, 0.717) is 11.8 Å². The molecule has 0 aliphatic carbocycles. The van der Waals surface area contributed by atoms with Gasteiger partial charge in [-0.15, -0.1) is 0 Å². The van der Waals surface area contributed by atoms with Crippen molar-refractivity contribution in [3.8, 4) is 0 Å². The summed E-state index contributed by atoms with van der Waals surface area (Å²) in [4.78, 5) is 0. The SMILES string of the molecule is COC(OC)C(C)NCc1c(Cl)oc2ccccc12. The lowest BCUT2D eigenvalue weighted by molar-refractivity contribution is -0.119. The first kappa shape index (κ1) is 14.3. The molecule has 1 N–H and O–H groups in total. The predicted molar refractivity (Wildman–Crippen MR) is 75.3 cm³/mol. The normalized spacial score (nSPS) is 13.3. The van der Waals surface area contributed by atoms with Crippen LogP contribution in [0.5, 0.6) is 0 Å². The van der Waals surface area contributed by atoms with Crippen molar-refractivity contribution in [1.29, 1.82) is 0 Å². The molecule has 0 spiro atoms. The van der Waals surface area contributed by atoms with E-state index in [4.69, 9.17) is 25.5 Å². The first-order chi connectivity index (χ1) is 9.17. The van der Waals surface area contributed by atoms with Crippen LogP contribution in [-0.2, 0) is 16.0 Å². The van der Waals surface area contributed by atoms with Crippen LogP contribution < -0.4 is 5.32 Å². The molecule has 19 heavy (non-hydrogen) atoms. The minimum atomic E-state index is -0.294. The zero-order valence-electron chi connectivity index (χ0n) is 11.3. The van der Waals surface area contributed by atoms with Crippen LogP contribution in [0.3, 0.4) is 0 Å². The summed E-state index contributed by atoms with van der Waals surface area (Å²) in [6, 6.07) is 7.83. The maximum atomic E-state index is 6.13. The number of furan rings is 1. The second kappa shape index (κ2) is 6.39. The van der Waals surface area contributed by atoms with E-state index < -0.39 is 0 Å². The zero-order valence-corrected chi connectivity index (χ0v) is 12.0. The zero-order chi connectivity index (χ0) is 13.8. The molecule has 0 bridgehead atoms. The molecule has 0 amide bonds. The summed E-state index contributed by atoms with van der Waals surface area (Å²) < 4.78 is 15.9. The molecule has 5 heteroatoms. The van der Waals surface area contributed by atoms with Crippen LogP contribution in [0.15, 0.2) is 28.7 Å². The van der Waals surface area contributed by atoms with Crippen LogP contribution in [-0.4, -0.2) is 26.6 Å². The van der Waals surface area contributed by atoms with Gasteiger partial charge < -0.3 is 19.2 Å². The fourth-order valence-corrected chi connectivity index (χ4v) is 2.35. The number of benzene rings is 1. The fraction of sp³-hybridized carbons (Fsp3) is 0.429. The fourth-order valence-electron chi connectivity index (χ4n) is 2.10. The predicted octanol–water partition coefficient (Wildman–Crippen LogP) is 3.18. The Morgan fingerprint density at radius 2 is 1.95 bits per heavy atom. The number of fused-ring (bicyclic) bond motifs is 1. The molecule has 0 fully saturated rings. The van der Waals surface area contributed by atoms with Gasteiger partial charge in [0.05, 0.1) is 6.04 Å². The van der Waals surface area contributed by atoms with Crippen molar-refractivity contribution in [1.82, 2.24) is 5.32 Å². The second-order valence-electron chi connectivity index (χ2n) is 4.36. The smallest absolute Gasteiger partial charge is 0.199 e. The van der Waals surface area contributed by atoms with Crippen LogP contribution >= 0.6 is 11.6 Å². The first-order valence-electron chi connectivity index (χ1n) is 6.12. The Bertz CT molecular complexity index is 536. The Labute approximate surface area is 117 Å². The van der Waals surface area contributed by atoms with E-state index in [1.807, 2.05) is 31.2 Å². The molecule has 0 aliphatic rings. The molecule has 2 rings (SSSR count). The third-order valence-corrected chi connectivity index (χ3v) is 3.43. The maximum Gasteiger partial charge on any atom is 0.199 e. The standard InChI is InChI=1S/C14H18ClNO3/c1-9(14(17-2)18-3)16-8-11-10-6-4-5-7-12(10)19-13(11)15/h4-7,9,14,16H,8H2,1-3H3. The lowest BCUT2D eigenvalue weighted by Crippen LogP contribution is -2.39. The van der Waals surface area contributed by atoms with Crippen molar-refractivity contribution in [3.05, 3.63) is 35.0 Å². The van der Waals surface area contributed by atoms with Gasteiger partial charge in [-0.3, -0.25) is 0 Å². The van der Waals surface area contributed by atoms with Gasteiger partial charge in [0.15, 0.2) is 11.5 Å². The van der Waals surface area contributed by atoms with Crippen LogP contribution in [0.4, 0.5) is 0 Å². The minimum Gasteiger partial charge on any atom is -0.444 e. The van der Waals surface area contributed by atoms with Crippen LogP contribution in [0, 0.1) is 0 Å². The van der Waals surface area contributed by atoms with E-state index in [2.05, 4.69) is 5.32 Å². The number of rotatable bonds is 6. The Balaban J connectivity index is 2.11. The van der Waals surface area contributed by atoms with Crippen molar-refractivity contribution in [3.63, 3.8) is 0 Å². The largest absolute Gasteiger partial charge is 0.444 e. The molecule has 1 unspecified atom stereocenters. The highest BCUT2D eigenvalue weighted by molar-refractivity contribution is 6.30. The average Bonchev–Trinajstić information content (AvgIpc) is 2.73. The molecule has 1 atom stereocenters. The summed E-state index contributed by atoms with van der Waals surface area (Å²) in [7, 11) is 3.24. The van der Waals surface area contributed by atoms with Gasteiger partial charge in [0.1, 0.15) is 5.58 Å². The van der Waals surface area contributed by atoms with Gasteiger partial charge in [-0.1, -0.05) is 18.2 Å². The quantitative estimate of drug-likeness (QED) is 0.827. The molecule has 0 saturated carbocycles. The molecular weight excluding hydrogens is 266 g/mol. The Hall–Kier alpha value is -1.07. The number of hydrogen-bond donors (Lipinski definition) is 1. The first-order valence-corrected chi connectivity index (χ1v) is 6.50. The average molecular weight is 284 g/mol. The molecule has 104 valence electrons. The molecule has 2 aromatic rings. The van der Waals surface area contributed by atoms with Gasteiger partial charge in [0.25, 0.3) is 0 Å². The van der Waals surface area contributed by atoms with Crippen LogP contribution in [0.1, 0.15) is 12.5 Å². The number of halogens is 1. The van der Waals surface area contributed by atoms with Gasteiger partial charge in [0.2, 0.25) is 0 Å². The Morgan fingerprint density at radius 3 is 2.63 bits per heavy atom. The summed E-state index contributed by atoms with van der Waals surface area (Å²) >= 11 is 6.13. The molecule has 1 aromatic carbocycles. The lowest BCUT2D eigenvalue weighted by atomic mass is 10.1. The summed E-state index contributed by atoms with van der Waals surface area (Å²) in [5.41, 5.74) is 1.75. The molecule has 0 aliphatic heterocycles. The second-order valence-corrected chi connectivity index (χ2v) is 4.70. The topological polar surface area (TPSA) is 43.6 Å². The molecule has 4 nitrogen and oxygen atoms in total. The Morgan fingerprint density at radius 1 is 1.26 bits per heavy atom. The monoisotopic (exact) mass is 283 g/mol. The van der Waals surface area contributed by atoms with Crippen molar-refractivity contribution < 1.29 is 13.9 Å². The molecular formula is C14H18ClNO3. The van der Waals surface area contributed by atoms with Gasteiger partial charge >= 0.3 is 0 Å². The number of nitrogens with one attached hydrogen (secondary N) is 1. The number of ether oxygens (including phenoxy) is 2. The van der Waals surface area contributed by atoms with Gasteiger partial charge in [-0.05, 0) is 24.6 Å². The highest BCUT2D eigenvalue weighted by Gasteiger charge is 2.17. The molecule has 0 radical (unpaired) electrons. The summed E-state index contributed by atoms with van der Waals surface area (Å²) in [6.45, 7) is 2.59. The van der Waals surface area contributed by atoms with E-state index in [0.717, 1.165) is 16.5 Å². The van der Waals surface area contributed by atoms with Crippen molar-refractivity contribution in [2.45, 2.75) is 25.8 Å². The van der Waals surface area contributed by atoms with E-state index in [1.54, 1.807) is 14.2 Å². The molecule has 0 saturated heterocycles. The van der Waals surface area contributed by atoms with E-state index >= 15 is 0 Å². The van der Waals surface area contributed by atoms with Crippen molar-refractivity contribution in [2.75, 3.05) is 14.2 Å². The third-order valence-electron chi connectivity index (χ3n) is 3.12. The van der Waals surface area contributed by atoms with Gasteiger partial charge in [0, 0.05) is 31.7 Å². The third kappa shape index (κ3) is 3.09. The summed E-state index contributed by atoms with van der Waals surface area (Å²) in [5.74, 6) is 0. The molecule has 1 heterocycles. The number of hydrogen-bond acceptors (Lipinski definition) is 4.